The number of rotatable bonds is 3. The summed E-state index contributed by atoms with van der Waals surface area (Å²) in [6.45, 7) is 3.65. The molecule has 0 saturated carbocycles. The van der Waals surface area contributed by atoms with Crippen molar-refractivity contribution in [3.05, 3.63) is 86.7 Å². The Hall–Kier alpha value is -3.29. The Kier molecular flexibility index (Phi) is 4.92. The highest BCUT2D eigenvalue weighted by Gasteiger charge is 2.16. The summed E-state index contributed by atoms with van der Waals surface area (Å²) in [5, 5.41) is 7.03. The lowest BCUT2D eigenvalue weighted by atomic mass is 10.0. The third-order valence-electron chi connectivity index (χ3n) is 5.46. The molecule has 2 aromatic carbocycles. The quantitative estimate of drug-likeness (QED) is 0.503. The number of benzene rings is 2. The fourth-order valence-electron chi connectivity index (χ4n) is 3.91. The van der Waals surface area contributed by atoms with Gasteiger partial charge in [-0.15, -0.1) is 0 Å². The normalized spacial score (nSPS) is 13.3. The van der Waals surface area contributed by atoms with Crippen molar-refractivity contribution in [2.45, 2.75) is 19.9 Å². The van der Waals surface area contributed by atoms with E-state index in [-0.39, 0.29) is 10.7 Å². The predicted molar refractivity (Wildman–Crippen MR) is 120 cm³/mol. The minimum atomic E-state index is -0.574. The number of halogens is 2. The van der Waals surface area contributed by atoms with E-state index in [0.29, 0.717) is 22.4 Å². The van der Waals surface area contributed by atoms with Crippen LogP contribution >= 0.6 is 11.6 Å². The van der Waals surface area contributed by atoms with Crippen LogP contribution in [-0.2, 0) is 13.0 Å². The summed E-state index contributed by atoms with van der Waals surface area (Å²) < 4.78 is 15.6. The standard InChI is InChI=1S/C23H19ClFN5O/c1-13-12-30(21-18(24)3-2-4-19(21)25)22(31)17-11-27-23(29-20(13)17)28-16-6-5-15-10-26-8-7-14(15)9-16/h2-6,9,11-12,26H,7-8,10H2,1H3,(H,27,28,29). The van der Waals surface area contributed by atoms with Crippen molar-refractivity contribution in [1.29, 1.82) is 0 Å². The summed E-state index contributed by atoms with van der Waals surface area (Å²) in [5.41, 5.74) is 4.28. The fraction of sp³-hybridized carbons (Fsp3) is 0.174. The number of para-hydroxylation sites is 1. The molecule has 2 aromatic heterocycles. The number of anilines is 2. The van der Waals surface area contributed by atoms with Gasteiger partial charge in [0, 0.05) is 24.6 Å². The first kappa shape index (κ1) is 19.7. The van der Waals surface area contributed by atoms with E-state index in [2.05, 4.69) is 32.7 Å². The number of aromatic nitrogens is 3. The molecule has 0 radical (unpaired) electrons. The largest absolute Gasteiger partial charge is 0.324 e. The second-order valence-corrected chi connectivity index (χ2v) is 7.96. The maximum atomic E-state index is 14.4. The van der Waals surface area contributed by atoms with Crippen LogP contribution in [0.2, 0.25) is 5.02 Å². The van der Waals surface area contributed by atoms with Gasteiger partial charge >= 0.3 is 0 Å². The molecule has 0 spiro atoms. The Balaban J connectivity index is 1.55. The van der Waals surface area contributed by atoms with Crippen LogP contribution in [0.15, 0.2) is 53.6 Å². The van der Waals surface area contributed by atoms with E-state index in [0.717, 1.165) is 25.2 Å². The molecule has 1 aliphatic heterocycles. The van der Waals surface area contributed by atoms with E-state index in [1.54, 1.807) is 12.3 Å². The molecule has 0 fully saturated rings. The SMILES string of the molecule is Cc1cn(-c2c(F)cccc2Cl)c(=O)c2cnc(Nc3ccc4c(c3)CCNC4)nc12. The summed E-state index contributed by atoms with van der Waals surface area (Å²) in [7, 11) is 0. The highest BCUT2D eigenvalue weighted by atomic mass is 35.5. The van der Waals surface area contributed by atoms with Crippen molar-refractivity contribution in [2.75, 3.05) is 11.9 Å². The smallest absolute Gasteiger partial charge is 0.266 e. The number of fused-ring (bicyclic) bond motifs is 2. The van der Waals surface area contributed by atoms with Crippen molar-refractivity contribution in [3.8, 4) is 5.69 Å². The van der Waals surface area contributed by atoms with Crippen LogP contribution < -0.4 is 16.2 Å². The number of hydrogen-bond acceptors (Lipinski definition) is 5. The molecule has 2 N–H and O–H groups in total. The molecule has 0 saturated heterocycles. The maximum absolute atomic E-state index is 14.4. The molecule has 0 aliphatic carbocycles. The van der Waals surface area contributed by atoms with Crippen LogP contribution in [0.1, 0.15) is 16.7 Å². The number of nitrogens with one attached hydrogen (secondary N) is 2. The van der Waals surface area contributed by atoms with Gasteiger partial charge in [0.2, 0.25) is 5.95 Å². The minimum absolute atomic E-state index is 0.0184. The predicted octanol–water partition coefficient (Wildman–Crippen LogP) is 4.27. The number of nitrogens with zero attached hydrogens (tertiary/aromatic N) is 3. The van der Waals surface area contributed by atoms with E-state index < -0.39 is 11.4 Å². The number of aryl methyl sites for hydroxylation is 1. The molecular weight excluding hydrogens is 417 g/mol. The first-order chi connectivity index (χ1) is 15.0. The Morgan fingerprint density at radius 2 is 2.10 bits per heavy atom. The molecule has 0 amide bonds. The summed E-state index contributed by atoms with van der Waals surface area (Å²) in [4.78, 5) is 21.9. The zero-order valence-electron chi connectivity index (χ0n) is 16.7. The molecule has 3 heterocycles. The van der Waals surface area contributed by atoms with Crippen LogP contribution in [0.25, 0.3) is 16.6 Å². The van der Waals surface area contributed by atoms with Crippen LogP contribution in [0.5, 0.6) is 0 Å². The molecule has 1 aliphatic rings. The lowest BCUT2D eigenvalue weighted by Gasteiger charge is -2.18. The lowest BCUT2D eigenvalue weighted by Crippen LogP contribution is -2.23. The van der Waals surface area contributed by atoms with Crippen LogP contribution in [-0.4, -0.2) is 21.1 Å². The van der Waals surface area contributed by atoms with E-state index in [1.165, 1.54) is 34.0 Å². The van der Waals surface area contributed by atoms with Crippen LogP contribution in [0, 0.1) is 12.7 Å². The zero-order chi connectivity index (χ0) is 21.5. The molecule has 5 rings (SSSR count). The lowest BCUT2D eigenvalue weighted by molar-refractivity contribution is 0.616. The molecule has 6 nitrogen and oxygen atoms in total. The van der Waals surface area contributed by atoms with E-state index in [1.807, 2.05) is 13.0 Å². The minimum Gasteiger partial charge on any atom is -0.324 e. The summed E-state index contributed by atoms with van der Waals surface area (Å²) in [6.07, 6.45) is 3.99. The highest BCUT2D eigenvalue weighted by molar-refractivity contribution is 6.32. The van der Waals surface area contributed by atoms with E-state index in [4.69, 9.17) is 11.6 Å². The molecule has 0 unspecified atom stereocenters. The molecular formula is C23H19ClFN5O. The average Bonchev–Trinajstić information content (AvgIpc) is 2.77. The van der Waals surface area contributed by atoms with Gasteiger partial charge in [0.15, 0.2) is 0 Å². The van der Waals surface area contributed by atoms with Crippen molar-refractivity contribution < 1.29 is 4.39 Å². The Bertz CT molecular complexity index is 1360. The third-order valence-corrected chi connectivity index (χ3v) is 5.77. The molecule has 8 heteroatoms. The monoisotopic (exact) mass is 435 g/mol. The molecule has 31 heavy (non-hydrogen) atoms. The van der Waals surface area contributed by atoms with Crippen molar-refractivity contribution in [3.63, 3.8) is 0 Å². The van der Waals surface area contributed by atoms with Gasteiger partial charge in [0.05, 0.1) is 15.9 Å². The number of hydrogen-bond donors (Lipinski definition) is 2. The Morgan fingerprint density at radius 1 is 1.23 bits per heavy atom. The summed E-state index contributed by atoms with van der Waals surface area (Å²) >= 11 is 6.16. The highest BCUT2D eigenvalue weighted by Crippen LogP contribution is 2.25. The molecule has 4 aromatic rings. The van der Waals surface area contributed by atoms with Gasteiger partial charge in [-0.25, -0.2) is 14.4 Å². The van der Waals surface area contributed by atoms with E-state index in [9.17, 15) is 9.18 Å². The molecule has 156 valence electrons. The second-order valence-electron chi connectivity index (χ2n) is 7.55. The fourth-order valence-corrected chi connectivity index (χ4v) is 4.17. The first-order valence-electron chi connectivity index (χ1n) is 9.94. The van der Waals surface area contributed by atoms with Gasteiger partial charge in [-0.3, -0.25) is 9.36 Å². The van der Waals surface area contributed by atoms with E-state index >= 15 is 0 Å². The average molecular weight is 436 g/mol. The van der Waals surface area contributed by atoms with Gasteiger partial charge in [0.25, 0.3) is 5.56 Å². The first-order valence-corrected chi connectivity index (χ1v) is 10.3. The van der Waals surface area contributed by atoms with Crippen molar-refractivity contribution in [1.82, 2.24) is 19.9 Å². The summed E-state index contributed by atoms with van der Waals surface area (Å²) in [6, 6.07) is 10.5. The maximum Gasteiger partial charge on any atom is 0.266 e. The third kappa shape index (κ3) is 3.56. The molecule has 0 bridgehead atoms. The van der Waals surface area contributed by atoms with Crippen LogP contribution in [0.4, 0.5) is 16.0 Å². The zero-order valence-corrected chi connectivity index (χ0v) is 17.5. The second kappa shape index (κ2) is 7.76. The van der Waals surface area contributed by atoms with Gasteiger partial charge in [-0.2, -0.15) is 0 Å². The van der Waals surface area contributed by atoms with Crippen LogP contribution in [0.3, 0.4) is 0 Å². The topological polar surface area (TPSA) is 71.8 Å². The van der Waals surface area contributed by atoms with Crippen molar-refractivity contribution in [2.24, 2.45) is 0 Å². The Labute approximate surface area is 182 Å². The van der Waals surface area contributed by atoms with Gasteiger partial charge in [-0.05, 0) is 60.8 Å². The van der Waals surface area contributed by atoms with Gasteiger partial charge < -0.3 is 10.6 Å². The summed E-state index contributed by atoms with van der Waals surface area (Å²) in [5.74, 6) is -0.180. The van der Waals surface area contributed by atoms with Gasteiger partial charge in [-0.1, -0.05) is 23.7 Å². The van der Waals surface area contributed by atoms with Crippen molar-refractivity contribution >= 4 is 34.1 Å². The number of pyridine rings is 1. The van der Waals surface area contributed by atoms with Gasteiger partial charge in [0.1, 0.15) is 11.5 Å². The molecule has 0 atom stereocenters. The Morgan fingerprint density at radius 3 is 2.94 bits per heavy atom.